The lowest BCUT2D eigenvalue weighted by Crippen LogP contribution is -2.14. The molecule has 1 N–H and O–H groups in total. The second-order valence-corrected chi connectivity index (χ2v) is 6.31. The molecule has 4 rings (SSSR count). The molecular formula is C21H18N2O2. The standard InChI is InChI=1S/C21H18N2O2/c1-13-7-8-16-15(12-25-20(16)9-13)11-21(24)23-19-10-14(2)22-18-6-4-3-5-17(18)19/h3-10,12H,11H2,1-2H3,(H,22,23,24). The predicted octanol–water partition coefficient (Wildman–Crippen LogP) is 4.78. The van der Waals surface area contributed by atoms with Crippen LogP contribution in [0.1, 0.15) is 16.8 Å². The maximum atomic E-state index is 12.6. The average Bonchev–Trinajstić information content (AvgIpc) is 2.96. The SMILES string of the molecule is Cc1ccc2c(CC(=O)Nc3cc(C)nc4ccccc34)coc2c1. The molecule has 4 nitrogen and oxygen atoms in total. The molecule has 0 aliphatic carbocycles. The summed E-state index contributed by atoms with van der Waals surface area (Å²) in [4.78, 5) is 17.1. The van der Waals surface area contributed by atoms with Gasteiger partial charge in [0.25, 0.3) is 0 Å². The average molecular weight is 330 g/mol. The molecule has 2 aromatic heterocycles. The molecule has 0 radical (unpaired) electrons. The second kappa shape index (κ2) is 6.06. The maximum Gasteiger partial charge on any atom is 0.228 e. The Balaban J connectivity index is 1.62. The second-order valence-electron chi connectivity index (χ2n) is 6.31. The van der Waals surface area contributed by atoms with Gasteiger partial charge in [0.15, 0.2) is 0 Å². The quantitative estimate of drug-likeness (QED) is 0.588. The minimum Gasteiger partial charge on any atom is -0.464 e. The van der Waals surface area contributed by atoms with Crippen molar-refractivity contribution in [3.63, 3.8) is 0 Å². The van der Waals surface area contributed by atoms with Gasteiger partial charge in [0.05, 0.1) is 23.9 Å². The van der Waals surface area contributed by atoms with Crippen molar-refractivity contribution in [3.05, 3.63) is 71.6 Å². The first-order valence-corrected chi connectivity index (χ1v) is 8.23. The number of fused-ring (bicyclic) bond motifs is 2. The van der Waals surface area contributed by atoms with E-state index in [2.05, 4.69) is 10.3 Å². The van der Waals surface area contributed by atoms with Crippen LogP contribution >= 0.6 is 0 Å². The van der Waals surface area contributed by atoms with Crippen LogP contribution in [-0.4, -0.2) is 10.9 Å². The van der Waals surface area contributed by atoms with E-state index in [1.54, 1.807) is 6.26 Å². The molecule has 1 amide bonds. The molecule has 4 aromatic rings. The van der Waals surface area contributed by atoms with Gasteiger partial charge in [-0.1, -0.05) is 30.3 Å². The molecule has 0 aliphatic heterocycles. The number of benzene rings is 2. The van der Waals surface area contributed by atoms with E-state index in [0.29, 0.717) is 0 Å². The van der Waals surface area contributed by atoms with Crippen molar-refractivity contribution >= 4 is 33.5 Å². The number of aryl methyl sites for hydroxylation is 2. The molecular weight excluding hydrogens is 312 g/mol. The Morgan fingerprint density at radius 3 is 2.80 bits per heavy atom. The highest BCUT2D eigenvalue weighted by atomic mass is 16.3. The lowest BCUT2D eigenvalue weighted by molar-refractivity contribution is -0.115. The summed E-state index contributed by atoms with van der Waals surface area (Å²) in [5.74, 6) is -0.0703. The van der Waals surface area contributed by atoms with Crippen LogP contribution < -0.4 is 5.32 Å². The summed E-state index contributed by atoms with van der Waals surface area (Å²) >= 11 is 0. The van der Waals surface area contributed by atoms with Crippen molar-refractivity contribution in [1.29, 1.82) is 0 Å². The summed E-state index contributed by atoms with van der Waals surface area (Å²) in [7, 11) is 0. The smallest absolute Gasteiger partial charge is 0.228 e. The first kappa shape index (κ1) is 15.4. The van der Waals surface area contributed by atoms with Crippen LogP contribution in [0.3, 0.4) is 0 Å². The molecule has 0 spiro atoms. The summed E-state index contributed by atoms with van der Waals surface area (Å²) in [6, 6.07) is 15.7. The van der Waals surface area contributed by atoms with E-state index in [0.717, 1.165) is 44.4 Å². The third kappa shape index (κ3) is 2.98. The van der Waals surface area contributed by atoms with Gasteiger partial charge in [-0.25, -0.2) is 0 Å². The number of nitrogens with one attached hydrogen (secondary N) is 1. The maximum absolute atomic E-state index is 12.6. The van der Waals surface area contributed by atoms with Crippen molar-refractivity contribution in [2.75, 3.05) is 5.32 Å². The van der Waals surface area contributed by atoms with Gasteiger partial charge < -0.3 is 9.73 Å². The third-order valence-corrected chi connectivity index (χ3v) is 4.28. The van der Waals surface area contributed by atoms with E-state index in [1.165, 1.54) is 0 Å². The molecule has 0 unspecified atom stereocenters. The van der Waals surface area contributed by atoms with Crippen LogP contribution in [0.5, 0.6) is 0 Å². The Hall–Kier alpha value is -3.14. The molecule has 0 aliphatic rings. The first-order valence-electron chi connectivity index (χ1n) is 8.23. The molecule has 0 saturated carbocycles. The highest BCUT2D eigenvalue weighted by Gasteiger charge is 2.12. The Labute approximate surface area is 145 Å². The molecule has 2 aromatic carbocycles. The van der Waals surface area contributed by atoms with Crippen LogP contribution in [-0.2, 0) is 11.2 Å². The van der Waals surface area contributed by atoms with Gasteiger partial charge in [-0.3, -0.25) is 9.78 Å². The molecule has 0 atom stereocenters. The van der Waals surface area contributed by atoms with Crippen molar-refractivity contribution < 1.29 is 9.21 Å². The van der Waals surface area contributed by atoms with Gasteiger partial charge in [0, 0.05) is 22.0 Å². The van der Waals surface area contributed by atoms with Gasteiger partial charge in [-0.05, 0) is 37.6 Å². The van der Waals surface area contributed by atoms with Crippen molar-refractivity contribution in [2.24, 2.45) is 0 Å². The number of furan rings is 1. The van der Waals surface area contributed by atoms with Crippen molar-refractivity contribution in [3.8, 4) is 0 Å². The van der Waals surface area contributed by atoms with Crippen LogP contribution in [0.25, 0.3) is 21.9 Å². The fourth-order valence-electron chi connectivity index (χ4n) is 3.11. The number of hydrogen-bond donors (Lipinski definition) is 1. The number of rotatable bonds is 3. The highest BCUT2D eigenvalue weighted by molar-refractivity contribution is 6.02. The number of para-hydroxylation sites is 1. The Morgan fingerprint density at radius 2 is 1.92 bits per heavy atom. The minimum absolute atomic E-state index is 0.0703. The fourth-order valence-corrected chi connectivity index (χ4v) is 3.11. The van der Waals surface area contributed by atoms with E-state index >= 15 is 0 Å². The lowest BCUT2D eigenvalue weighted by Gasteiger charge is -2.09. The normalized spacial score (nSPS) is 11.1. The number of carbonyl (C=O) groups excluding carboxylic acids is 1. The number of pyridine rings is 1. The summed E-state index contributed by atoms with van der Waals surface area (Å²) in [5, 5.41) is 4.94. The van der Waals surface area contributed by atoms with Crippen LogP contribution in [0.4, 0.5) is 5.69 Å². The number of anilines is 1. The summed E-state index contributed by atoms with van der Waals surface area (Å²) < 4.78 is 5.58. The summed E-state index contributed by atoms with van der Waals surface area (Å²) in [6.07, 6.45) is 1.94. The van der Waals surface area contributed by atoms with Crippen LogP contribution in [0.15, 0.2) is 59.2 Å². The predicted molar refractivity (Wildman–Crippen MR) is 99.8 cm³/mol. The number of nitrogens with zero attached hydrogens (tertiary/aromatic N) is 1. The van der Waals surface area contributed by atoms with Crippen molar-refractivity contribution in [1.82, 2.24) is 4.98 Å². The molecule has 2 heterocycles. The van der Waals surface area contributed by atoms with Gasteiger partial charge >= 0.3 is 0 Å². The monoisotopic (exact) mass is 330 g/mol. The molecule has 0 bridgehead atoms. The Morgan fingerprint density at radius 1 is 1.08 bits per heavy atom. The number of hydrogen-bond acceptors (Lipinski definition) is 3. The van der Waals surface area contributed by atoms with E-state index in [9.17, 15) is 4.79 Å². The number of aromatic nitrogens is 1. The zero-order chi connectivity index (χ0) is 17.4. The highest BCUT2D eigenvalue weighted by Crippen LogP contribution is 2.25. The fraction of sp³-hybridized carbons (Fsp3) is 0.143. The number of carbonyl (C=O) groups is 1. The molecule has 0 saturated heterocycles. The topological polar surface area (TPSA) is 55.1 Å². The van der Waals surface area contributed by atoms with Crippen LogP contribution in [0, 0.1) is 13.8 Å². The van der Waals surface area contributed by atoms with E-state index in [4.69, 9.17) is 4.42 Å². The third-order valence-electron chi connectivity index (χ3n) is 4.28. The Bertz CT molecular complexity index is 1100. The molecule has 124 valence electrons. The van der Waals surface area contributed by atoms with Gasteiger partial charge in [0.1, 0.15) is 5.58 Å². The van der Waals surface area contributed by atoms with Crippen LogP contribution in [0.2, 0.25) is 0 Å². The Kier molecular flexibility index (Phi) is 3.73. The van der Waals surface area contributed by atoms with E-state index in [1.807, 2.05) is 62.4 Å². The first-order chi connectivity index (χ1) is 12.1. The largest absolute Gasteiger partial charge is 0.464 e. The van der Waals surface area contributed by atoms with Gasteiger partial charge in [-0.15, -0.1) is 0 Å². The minimum atomic E-state index is -0.0703. The lowest BCUT2D eigenvalue weighted by atomic mass is 10.1. The van der Waals surface area contributed by atoms with Crippen molar-refractivity contribution in [2.45, 2.75) is 20.3 Å². The zero-order valence-electron chi connectivity index (χ0n) is 14.2. The molecule has 25 heavy (non-hydrogen) atoms. The van der Waals surface area contributed by atoms with E-state index < -0.39 is 0 Å². The van der Waals surface area contributed by atoms with E-state index in [-0.39, 0.29) is 12.3 Å². The molecule has 0 fully saturated rings. The molecule has 4 heteroatoms. The number of amides is 1. The van der Waals surface area contributed by atoms with Gasteiger partial charge in [-0.2, -0.15) is 0 Å². The summed E-state index contributed by atoms with van der Waals surface area (Å²) in [6.45, 7) is 3.94. The van der Waals surface area contributed by atoms with Gasteiger partial charge in [0.2, 0.25) is 5.91 Å². The zero-order valence-corrected chi connectivity index (χ0v) is 14.2. The summed E-state index contributed by atoms with van der Waals surface area (Å²) in [5.41, 5.74) is 5.38.